The Hall–Kier alpha value is -2.58. The molecule has 2 aromatic carbocycles. The number of phenolic OH excluding ortho intramolecular Hbond substituents is 2. The Balaban J connectivity index is 2.42. The highest BCUT2D eigenvalue weighted by Gasteiger charge is 2.25. The van der Waals surface area contributed by atoms with Gasteiger partial charge in [-0.2, -0.15) is 4.31 Å². The molecule has 0 amide bonds. The Labute approximate surface area is 139 Å². The summed E-state index contributed by atoms with van der Waals surface area (Å²) in [4.78, 5) is 11.9. The number of nitrogens with zero attached hydrogens (tertiary/aromatic N) is 1. The minimum absolute atomic E-state index is 0.0940. The number of carbonyl (C=O) groups is 1. The second kappa shape index (κ2) is 6.90. The molecule has 0 saturated heterocycles. The average Bonchev–Trinajstić information content (AvgIpc) is 2.54. The third kappa shape index (κ3) is 3.50. The van der Waals surface area contributed by atoms with Crippen LogP contribution in [0.3, 0.4) is 0 Å². The monoisotopic (exact) mass is 351 g/mol. The Morgan fingerprint density at radius 2 is 1.79 bits per heavy atom. The van der Waals surface area contributed by atoms with Crippen molar-refractivity contribution in [1.82, 2.24) is 4.31 Å². The number of ether oxygens (including phenoxy) is 1. The molecule has 24 heavy (non-hydrogen) atoms. The van der Waals surface area contributed by atoms with E-state index < -0.39 is 21.7 Å². The summed E-state index contributed by atoms with van der Waals surface area (Å²) in [6, 6.07) is 9.99. The molecule has 0 aromatic heterocycles. The van der Waals surface area contributed by atoms with Crippen LogP contribution in [0.1, 0.15) is 15.9 Å². The van der Waals surface area contributed by atoms with Crippen LogP contribution in [0.5, 0.6) is 11.5 Å². The van der Waals surface area contributed by atoms with Gasteiger partial charge in [-0.1, -0.05) is 18.2 Å². The first-order chi connectivity index (χ1) is 11.3. The highest BCUT2D eigenvalue weighted by atomic mass is 32.2. The van der Waals surface area contributed by atoms with E-state index in [1.54, 1.807) is 18.2 Å². The van der Waals surface area contributed by atoms with Crippen LogP contribution in [-0.2, 0) is 21.3 Å². The van der Waals surface area contributed by atoms with Crippen LogP contribution in [0.2, 0.25) is 0 Å². The Bertz CT molecular complexity index is 848. The number of hydrogen-bond acceptors (Lipinski definition) is 6. The second-order valence-corrected chi connectivity index (χ2v) is 7.11. The normalized spacial score (nSPS) is 11.5. The summed E-state index contributed by atoms with van der Waals surface area (Å²) >= 11 is 0. The highest BCUT2D eigenvalue weighted by molar-refractivity contribution is 7.89. The minimum atomic E-state index is -3.79. The molecule has 2 N–H and O–H groups in total. The summed E-state index contributed by atoms with van der Waals surface area (Å²) in [6.07, 6.45) is 0. The molecule has 0 bridgehead atoms. The summed E-state index contributed by atoms with van der Waals surface area (Å²) in [5.41, 5.74) is -0.0632. The van der Waals surface area contributed by atoms with Gasteiger partial charge in [0.1, 0.15) is 17.1 Å². The first-order valence-corrected chi connectivity index (χ1v) is 8.36. The van der Waals surface area contributed by atoms with E-state index in [0.29, 0.717) is 0 Å². The molecule has 0 aliphatic carbocycles. The lowest BCUT2D eigenvalue weighted by molar-refractivity contribution is 0.0595. The van der Waals surface area contributed by atoms with Crippen molar-refractivity contribution >= 4 is 16.0 Å². The smallest absolute Gasteiger partial charge is 0.341 e. The molecule has 0 fully saturated rings. The molecule has 0 aliphatic rings. The largest absolute Gasteiger partial charge is 0.508 e. The molecule has 0 unspecified atom stereocenters. The number of rotatable bonds is 5. The predicted octanol–water partition coefficient (Wildman–Crippen LogP) is 1.71. The highest BCUT2D eigenvalue weighted by Crippen LogP contribution is 2.29. The zero-order chi connectivity index (χ0) is 17.9. The SMILES string of the molecule is COC(=O)c1c(O)cc(O)cc1CN(C)S(=O)(=O)c1ccccc1. The lowest BCUT2D eigenvalue weighted by Crippen LogP contribution is -2.27. The first-order valence-electron chi connectivity index (χ1n) is 6.92. The lowest BCUT2D eigenvalue weighted by Gasteiger charge is -2.19. The van der Waals surface area contributed by atoms with Crippen LogP contribution in [0.25, 0.3) is 0 Å². The van der Waals surface area contributed by atoms with Crippen molar-refractivity contribution in [2.75, 3.05) is 14.2 Å². The summed E-state index contributed by atoms with van der Waals surface area (Å²) in [5, 5.41) is 19.5. The van der Waals surface area contributed by atoms with E-state index in [1.165, 1.54) is 25.2 Å². The fraction of sp³-hybridized carbons (Fsp3) is 0.188. The predicted molar refractivity (Wildman–Crippen MR) is 86.2 cm³/mol. The van der Waals surface area contributed by atoms with Crippen LogP contribution >= 0.6 is 0 Å². The zero-order valence-electron chi connectivity index (χ0n) is 13.1. The van der Waals surface area contributed by atoms with Crippen molar-refractivity contribution in [3.05, 3.63) is 53.6 Å². The molecule has 128 valence electrons. The lowest BCUT2D eigenvalue weighted by atomic mass is 10.1. The van der Waals surface area contributed by atoms with Crippen molar-refractivity contribution in [3.8, 4) is 11.5 Å². The number of hydrogen-bond donors (Lipinski definition) is 2. The number of esters is 1. The van der Waals surface area contributed by atoms with Gasteiger partial charge >= 0.3 is 5.97 Å². The number of methoxy groups -OCH3 is 1. The van der Waals surface area contributed by atoms with Crippen molar-refractivity contribution in [2.45, 2.75) is 11.4 Å². The van der Waals surface area contributed by atoms with Gasteiger partial charge in [-0.3, -0.25) is 0 Å². The zero-order valence-corrected chi connectivity index (χ0v) is 13.9. The van der Waals surface area contributed by atoms with Crippen molar-refractivity contribution in [2.24, 2.45) is 0 Å². The molecule has 2 aromatic rings. The average molecular weight is 351 g/mol. The fourth-order valence-electron chi connectivity index (χ4n) is 2.23. The Kier molecular flexibility index (Phi) is 5.10. The summed E-state index contributed by atoms with van der Waals surface area (Å²) < 4.78 is 30.7. The molecule has 0 radical (unpaired) electrons. The molecule has 0 spiro atoms. The van der Waals surface area contributed by atoms with E-state index in [-0.39, 0.29) is 28.3 Å². The van der Waals surface area contributed by atoms with E-state index >= 15 is 0 Å². The molecule has 0 saturated carbocycles. The van der Waals surface area contributed by atoms with Crippen molar-refractivity contribution in [1.29, 1.82) is 0 Å². The standard InChI is InChI=1S/C16H17NO6S/c1-17(24(21,22)13-6-4-3-5-7-13)10-11-8-12(18)9-14(19)15(11)16(20)23-2/h3-9,18-19H,10H2,1-2H3. The summed E-state index contributed by atoms with van der Waals surface area (Å²) in [6.45, 7) is -0.233. The maximum Gasteiger partial charge on any atom is 0.341 e. The number of sulfonamides is 1. The van der Waals surface area contributed by atoms with Gasteiger partial charge in [-0.25, -0.2) is 13.2 Å². The topological polar surface area (TPSA) is 104 Å². The van der Waals surface area contributed by atoms with Crippen LogP contribution in [-0.4, -0.2) is 43.1 Å². The molecular formula is C16H17NO6S. The second-order valence-electron chi connectivity index (χ2n) is 5.06. The summed E-state index contributed by atoms with van der Waals surface area (Å²) in [7, 11) is -1.31. The van der Waals surface area contributed by atoms with E-state index in [2.05, 4.69) is 4.74 Å². The van der Waals surface area contributed by atoms with Crippen LogP contribution in [0, 0.1) is 0 Å². The third-order valence-electron chi connectivity index (χ3n) is 3.42. The number of carbonyl (C=O) groups excluding carboxylic acids is 1. The van der Waals surface area contributed by atoms with Crippen LogP contribution in [0.4, 0.5) is 0 Å². The van der Waals surface area contributed by atoms with Gasteiger partial charge in [0.2, 0.25) is 10.0 Å². The van der Waals surface area contributed by atoms with Gasteiger partial charge < -0.3 is 14.9 Å². The molecule has 2 rings (SSSR count). The van der Waals surface area contributed by atoms with E-state index in [4.69, 9.17) is 0 Å². The minimum Gasteiger partial charge on any atom is -0.508 e. The van der Waals surface area contributed by atoms with Gasteiger partial charge in [0, 0.05) is 19.7 Å². The van der Waals surface area contributed by atoms with Gasteiger partial charge in [0.15, 0.2) is 0 Å². The maximum atomic E-state index is 12.5. The number of aromatic hydroxyl groups is 2. The summed E-state index contributed by atoms with van der Waals surface area (Å²) in [5.74, 6) is -1.60. The molecule has 7 nitrogen and oxygen atoms in total. The van der Waals surface area contributed by atoms with Gasteiger partial charge in [-0.05, 0) is 23.8 Å². The third-order valence-corrected chi connectivity index (χ3v) is 5.24. The maximum absolute atomic E-state index is 12.5. The molecule has 0 heterocycles. The molecule has 0 aliphatic heterocycles. The van der Waals surface area contributed by atoms with Gasteiger partial charge in [-0.15, -0.1) is 0 Å². The quantitative estimate of drug-likeness (QED) is 0.795. The number of phenols is 2. The first kappa shape index (κ1) is 17.8. The van der Waals surface area contributed by atoms with Crippen LogP contribution in [0.15, 0.2) is 47.4 Å². The molecular weight excluding hydrogens is 334 g/mol. The van der Waals surface area contributed by atoms with Crippen LogP contribution < -0.4 is 0 Å². The van der Waals surface area contributed by atoms with Crippen molar-refractivity contribution in [3.63, 3.8) is 0 Å². The van der Waals surface area contributed by atoms with E-state index in [0.717, 1.165) is 17.5 Å². The van der Waals surface area contributed by atoms with Gasteiger partial charge in [0.05, 0.1) is 12.0 Å². The van der Waals surface area contributed by atoms with Gasteiger partial charge in [0.25, 0.3) is 0 Å². The number of benzene rings is 2. The van der Waals surface area contributed by atoms with E-state index in [1.807, 2.05) is 0 Å². The van der Waals surface area contributed by atoms with E-state index in [9.17, 15) is 23.4 Å². The Morgan fingerprint density at radius 1 is 1.17 bits per heavy atom. The molecule has 0 atom stereocenters. The van der Waals surface area contributed by atoms with Crippen molar-refractivity contribution < 1.29 is 28.2 Å². The molecule has 8 heteroatoms. The fourth-order valence-corrected chi connectivity index (χ4v) is 3.40. The Morgan fingerprint density at radius 3 is 2.38 bits per heavy atom.